The third-order valence-corrected chi connectivity index (χ3v) is 3.37. The first kappa shape index (κ1) is 14.5. The molecule has 2 rings (SSSR count). The normalized spacial score (nSPS) is 12.2. The lowest BCUT2D eigenvalue weighted by Gasteiger charge is -2.14. The van der Waals surface area contributed by atoms with E-state index in [0.717, 1.165) is 5.56 Å². The van der Waals surface area contributed by atoms with Crippen molar-refractivity contribution in [1.82, 2.24) is 9.78 Å². The van der Waals surface area contributed by atoms with E-state index >= 15 is 0 Å². The van der Waals surface area contributed by atoms with Gasteiger partial charge in [0.1, 0.15) is 6.04 Å². The summed E-state index contributed by atoms with van der Waals surface area (Å²) in [7, 11) is 0. The maximum Gasteiger partial charge on any atom is 0.267 e. The molecule has 1 aromatic carbocycles. The molecule has 0 bridgehead atoms. The molecule has 1 heterocycles. The number of carbonyl (C=O) groups is 1. The second-order valence-electron chi connectivity index (χ2n) is 4.54. The topological polar surface area (TPSA) is 52.0 Å². The SMILES string of the molecule is CC[C@@H](C(C)=O)n1nc(-c2ccc(Cl)cc2)ccc1=O. The molecule has 0 aliphatic carbocycles. The van der Waals surface area contributed by atoms with Crippen molar-refractivity contribution in [3.05, 3.63) is 51.8 Å². The lowest BCUT2D eigenvalue weighted by molar-refractivity contribution is -0.120. The van der Waals surface area contributed by atoms with Gasteiger partial charge in [-0.25, -0.2) is 4.68 Å². The maximum atomic E-state index is 11.9. The van der Waals surface area contributed by atoms with E-state index in [1.54, 1.807) is 18.2 Å². The summed E-state index contributed by atoms with van der Waals surface area (Å²) in [4.78, 5) is 23.5. The second-order valence-corrected chi connectivity index (χ2v) is 4.98. The van der Waals surface area contributed by atoms with Gasteiger partial charge in [-0.05, 0) is 31.5 Å². The van der Waals surface area contributed by atoms with Crippen LogP contribution in [0.1, 0.15) is 26.3 Å². The van der Waals surface area contributed by atoms with E-state index in [2.05, 4.69) is 5.10 Å². The van der Waals surface area contributed by atoms with E-state index in [9.17, 15) is 9.59 Å². The van der Waals surface area contributed by atoms with Crippen molar-refractivity contribution in [2.75, 3.05) is 0 Å². The standard InChI is InChI=1S/C15H15ClN2O2/c1-3-14(10(2)19)18-15(20)9-8-13(17-18)11-4-6-12(16)7-5-11/h4-9,14H,3H2,1-2H3/t14-/m0/s1. The molecule has 1 aromatic heterocycles. The summed E-state index contributed by atoms with van der Waals surface area (Å²) in [6.07, 6.45) is 0.534. The van der Waals surface area contributed by atoms with E-state index in [1.165, 1.54) is 17.7 Å². The summed E-state index contributed by atoms with van der Waals surface area (Å²) in [5, 5.41) is 4.94. The predicted octanol–water partition coefficient (Wildman–Crippen LogP) is 3.10. The van der Waals surface area contributed by atoms with Gasteiger partial charge in [0.15, 0.2) is 5.78 Å². The van der Waals surface area contributed by atoms with Crippen LogP contribution < -0.4 is 5.56 Å². The molecule has 0 radical (unpaired) electrons. The zero-order chi connectivity index (χ0) is 14.7. The minimum absolute atomic E-state index is 0.0737. The van der Waals surface area contributed by atoms with Gasteiger partial charge in [0.2, 0.25) is 0 Å². The Morgan fingerprint density at radius 3 is 2.45 bits per heavy atom. The third kappa shape index (κ3) is 2.96. The number of carbonyl (C=O) groups excluding carboxylic acids is 1. The fourth-order valence-electron chi connectivity index (χ4n) is 2.06. The summed E-state index contributed by atoms with van der Waals surface area (Å²) >= 11 is 5.85. The molecule has 0 amide bonds. The first-order valence-corrected chi connectivity index (χ1v) is 6.77. The second kappa shape index (κ2) is 6.01. The Labute approximate surface area is 122 Å². The van der Waals surface area contributed by atoms with Crippen molar-refractivity contribution < 1.29 is 4.79 Å². The fraction of sp³-hybridized carbons (Fsp3) is 0.267. The molecule has 0 fully saturated rings. The van der Waals surface area contributed by atoms with Crippen molar-refractivity contribution in [1.29, 1.82) is 0 Å². The highest BCUT2D eigenvalue weighted by molar-refractivity contribution is 6.30. The molecule has 0 aliphatic heterocycles. The van der Waals surface area contributed by atoms with Gasteiger partial charge < -0.3 is 0 Å². The molecule has 0 spiro atoms. The van der Waals surface area contributed by atoms with Gasteiger partial charge in [-0.3, -0.25) is 9.59 Å². The molecule has 0 saturated carbocycles. The van der Waals surface area contributed by atoms with Crippen LogP contribution in [-0.2, 0) is 4.79 Å². The van der Waals surface area contributed by atoms with Gasteiger partial charge in [0, 0.05) is 16.7 Å². The van der Waals surface area contributed by atoms with Gasteiger partial charge in [0.25, 0.3) is 5.56 Å². The molecule has 0 unspecified atom stereocenters. The number of rotatable bonds is 4. The van der Waals surface area contributed by atoms with E-state index in [-0.39, 0.29) is 11.3 Å². The highest BCUT2D eigenvalue weighted by Gasteiger charge is 2.17. The Balaban J connectivity index is 2.50. The Morgan fingerprint density at radius 1 is 1.25 bits per heavy atom. The lowest BCUT2D eigenvalue weighted by Crippen LogP contribution is -2.30. The largest absolute Gasteiger partial charge is 0.298 e. The number of Topliss-reactive ketones (excluding diaryl/α,β-unsaturated/α-hetero) is 1. The van der Waals surface area contributed by atoms with Crippen LogP contribution in [0.5, 0.6) is 0 Å². The molecule has 5 heteroatoms. The van der Waals surface area contributed by atoms with E-state index in [0.29, 0.717) is 17.1 Å². The van der Waals surface area contributed by atoms with Crippen molar-refractivity contribution in [3.8, 4) is 11.3 Å². The zero-order valence-electron chi connectivity index (χ0n) is 11.3. The summed E-state index contributed by atoms with van der Waals surface area (Å²) in [5.74, 6) is -0.0737. The van der Waals surface area contributed by atoms with Crippen LogP contribution in [0.15, 0.2) is 41.2 Å². The van der Waals surface area contributed by atoms with Crippen LogP contribution in [0.2, 0.25) is 5.02 Å². The molecule has 0 N–H and O–H groups in total. The maximum absolute atomic E-state index is 11.9. The van der Waals surface area contributed by atoms with Gasteiger partial charge in [-0.1, -0.05) is 30.7 Å². The van der Waals surface area contributed by atoms with Gasteiger partial charge in [-0.2, -0.15) is 5.10 Å². The van der Waals surface area contributed by atoms with Crippen LogP contribution >= 0.6 is 11.6 Å². The monoisotopic (exact) mass is 290 g/mol. The first-order valence-electron chi connectivity index (χ1n) is 6.39. The summed E-state index contributed by atoms with van der Waals surface area (Å²) in [5.41, 5.74) is 1.22. The Kier molecular flexibility index (Phi) is 4.35. The van der Waals surface area contributed by atoms with Gasteiger partial charge in [0.05, 0.1) is 5.69 Å². The molecule has 104 valence electrons. The minimum atomic E-state index is -0.519. The number of nitrogens with zero attached hydrogens (tertiary/aromatic N) is 2. The lowest BCUT2D eigenvalue weighted by atomic mass is 10.1. The Hall–Kier alpha value is -1.94. The number of ketones is 1. The Bertz CT molecular complexity index is 677. The molecule has 2 aromatic rings. The van der Waals surface area contributed by atoms with E-state index < -0.39 is 6.04 Å². The zero-order valence-corrected chi connectivity index (χ0v) is 12.1. The van der Waals surface area contributed by atoms with Crippen LogP contribution in [0.25, 0.3) is 11.3 Å². The highest BCUT2D eigenvalue weighted by Crippen LogP contribution is 2.19. The number of benzene rings is 1. The molecule has 1 atom stereocenters. The van der Waals surface area contributed by atoms with E-state index in [1.807, 2.05) is 19.1 Å². The fourth-order valence-corrected chi connectivity index (χ4v) is 2.18. The smallest absolute Gasteiger partial charge is 0.267 e. The van der Waals surface area contributed by atoms with Gasteiger partial charge >= 0.3 is 0 Å². The summed E-state index contributed by atoms with van der Waals surface area (Å²) < 4.78 is 1.26. The molecule has 20 heavy (non-hydrogen) atoms. The number of hydrogen-bond acceptors (Lipinski definition) is 3. The number of hydrogen-bond donors (Lipinski definition) is 0. The van der Waals surface area contributed by atoms with Crippen LogP contribution in [0.3, 0.4) is 0 Å². The molecule has 0 saturated heterocycles. The van der Waals surface area contributed by atoms with Crippen LogP contribution in [0, 0.1) is 0 Å². The molecular formula is C15H15ClN2O2. The van der Waals surface area contributed by atoms with Crippen molar-refractivity contribution >= 4 is 17.4 Å². The molecule has 0 aliphatic rings. The Morgan fingerprint density at radius 2 is 1.90 bits per heavy atom. The molecular weight excluding hydrogens is 276 g/mol. The average molecular weight is 291 g/mol. The summed E-state index contributed by atoms with van der Waals surface area (Å²) in [6.45, 7) is 3.33. The van der Waals surface area contributed by atoms with Gasteiger partial charge in [-0.15, -0.1) is 0 Å². The van der Waals surface area contributed by atoms with E-state index in [4.69, 9.17) is 11.6 Å². The molecule has 4 nitrogen and oxygen atoms in total. The van der Waals surface area contributed by atoms with Crippen molar-refractivity contribution in [2.45, 2.75) is 26.3 Å². The quantitative estimate of drug-likeness (QED) is 0.869. The average Bonchev–Trinajstić information content (AvgIpc) is 2.42. The van der Waals surface area contributed by atoms with Crippen LogP contribution in [-0.4, -0.2) is 15.6 Å². The minimum Gasteiger partial charge on any atom is -0.298 e. The number of aromatic nitrogens is 2. The third-order valence-electron chi connectivity index (χ3n) is 3.12. The predicted molar refractivity (Wildman–Crippen MR) is 79.0 cm³/mol. The van der Waals surface area contributed by atoms with Crippen molar-refractivity contribution in [2.24, 2.45) is 0 Å². The van der Waals surface area contributed by atoms with Crippen molar-refractivity contribution in [3.63, 3.8) is 0 Å². The first-order chi connectivity index (χ1) is 9.52. The summed E-state index contributed by atoms with van der Waals surface area (Å²) in [6, 6.07) is 9.74. The highest BCUT2D eigenvalue weighted by atomic mass is 35.5. The number of halogens is 1. The van der Waals surface area contributed by atoms with Crippen LogP contribution in [0.4, 0.5) is 0 Å².